The summed E-state index contributed by atoms with van der Waals surface area (Å²) in [7, 11) is 0. The SMILES string of the molecule is CCCCCCCCN(CCCC)C(=O)c1cccc(C(F)(F)F)c1. The van der Waals surface area contributed by atoms with Crippen molar-refractivity contribution in [3.05, 3.63) is 35.4 Å². The minimum atomic E-state index is -4.43. The molecular formula is C20H30F3NO. The lowest BCUT2D eigenvalue weighted by atomic mass is 10.1. The molecule has 0 aromatic heterocycles. The second-order valence-electron chi connectivity index (χ2n) is 6.49. The number of alkyl halides is 3. The first-order valence-corrected chi connectivity index (χ1v) is 9.36. The third kappa shape index (κ3) is 7.93. The molecule has 1 amide bonds. The van der Waals surface area contributed by atoms with Crippen molar-refractivity contribution in [2.75, 3.05) is 13.1 Å². The Balaban J connectivity index is 2.69. The van der Waals surface area contributed by atoms with Crippen LogP contribution in [0.2, 0.25) is 0 Å². The van der Waals surface area contributed by atoms with Crippen LogP contribution in [0, 0.1) is 0 Å². The number of hydrogen-bond acceptors (Lipinski definition) is 1. The number of halogens is 3. The topological polar surface area (TPSA) is 20.3 Å². The lowest BCUT2D eigenvalue weighted by Crippen LogP contribution is -2.33. The first-order chi connectivity index (χ1) is 11.9. The van der Waals surface area contributed by atoms with Gasteiger partial charge in [0.2, 0.25) is 0 Å². The highest BCUT2D eigenvalue weighted by molar-refractivity contribution is 5.94. The van der Waals surface area contributed by atoms with E-state index in [1.54, 1.807) is 4.90 Å². The quantitative estimate of drug-likeness (QED) is 0.425. The van der Waals surface area contributed by atoms with Crippen LogP contribution in [0.4, 0.5) is 13.2 Å². The molecule has 1 aromatic carbocycles. The minimum Gasteiger partial charge on any atom is -0.339 e. The van der Waals surface area contributed by atoms with Crippen molar-refractivity contribution in [1.82, 2.24) is 4.90 Å². The maximum atomic E-state index is 12.9. The van der Waals surface area contributed by atoms with E-state index in [4.69, 9.17) is 0 Å². The van der Waals surface area contributed by atoms with Gasteiger partial charge in [0, 0.05) is 18.7 Å². The maximum Gasteiger partial charge on any atom is 0.416 e. The van der Waals surface area contributed by atoms with Gasteiger partial charge in [-0.3, -0.25) is 4.79 Å². The fourth-order valence-electron chi connectivity index (χ4n) is 2.76. The smallest absolute Gasteiger partial charge is 0.339 e. The summed E-state index contributed by atoms with van der Waals surface area (Å²) < 4.78 is 38.6. The van der Waals surface area contributed by atoms with E-state index in [-0.39, 0.29) is 11.5 Å². The van der Waals surface area contributed by atoms with Crippen LogP contribution in [0.25, 0.3) is 0 Å². The van der Waals surface area contributed by atoms with E-state index in [9.17, 15) is 18.0 Å². The zero-order valence-electron chi connectivity index (χ0n) is 15.4. The van der Waals surface area contributed by atoms with Crippen LogP contribution in [0.3, 0.4) is 0 Å². The summed E-state index contributed by atoms with van der Waals surface area (Å²) in [5, 5.41) is 0. The van der Waals surface area contributed by atoms with Crippen molar-refractivity contribution in [2.24, 2.45) is 0 Å². The molecular weight excluding hydrogens is 327 g/mol. The number of rotatable bonds is 11. The molecule has 5 heteroatoms. The molecule has 0 atom stereocenters. The van der Waals surface area contributed by atoms with Gasteiger partial charge in [-0.15, -0.1) is 0 Å². The van der Waals surface area contributed by atoms with E-state index < -0.39 is 11.7 Å². The summed E-state index contributed by atoms with van der Waals surface area (Å²) in [5.41, 5.74) is -0.648. The lowest BCUT2D eigenvalue weighted by Gasteiger charge is -2.23. The van der Waals surface area contributed by atoms with Gasteiger partial charge in [0.25, 0.3) is 5.91 Å². The highest BCUT2D eigenvalue weighted by atomic mass is 19.4. The molecule has 0 spiro atoms. The van der Waals surface area contributed by atoms with Crippen molar-refractivity contribution in [3.8, 4) is 0 Å². The van der Waals surface area contributed by atoms with Gasteiger partial charge in [-0.2, -0.15) is 13.2 Å². The Kier molecular flexibility index (Phi) is 9.61. The average molecular weight is 357 g/mol. The molecule has 0 N–H and O–H groups in total. The number of nitrogens with zero attached hydrogens (tertiary/aromatic N) is 1. The molecule has 0 radical (unpaired) electrons. The van der Waals surface area contributed by atoms with Crippen molar-refractivity contribution < 1.29 is 18.0 Å². The molecule has 0 saturated carbocycles. The van der Waals surface area contributed by atoms with E-state index in [2.05, 4.69) is 6.92 Å². The molecule has 1 rings (SSSR count). The first-order valence-electron chi connectivity index (χ1n) is 9.36. The number of unbranched alkanes of at least 4 members (excludes halogenated alkanes) is 6. The summed E-state index contributed by atoms with van der Waals surface area (Å²) in [4.78, 5) is 14.4. The van der Waals surface area contributed by atoms with E-state index in [1.165, 1.54) is 31.4 Å². The first kappa shape index (κ1) is 21.5. The van der Waals surface area contributed by atoms with Gasteiger partial charge in [0.05, 0.1) is 5.56 Å². The second-order valence-corrected chi connectivity index (χ2v) is 6.49. The van der Waals surface area contributed by atoms with Crippen molar-refractivity contribution in [3.63, 3.8) is 0 Å². The number of amides is 1. The monoisotopic (exact) mass is 357 g/mol. The molecule has 0 fully saturated rings. The van der Waals surface area contributed by atoms with E-state index >= 15 is 0 Å². The average Bonchev–Trinajstić information content (AvgIpc) is 2.59. The highest BCUT2D eigenvalue weighted by Gasteiger charge is 2.31. The third-order valence-electron chi connectivity index (χ3n) is 4.29. The van der Waals surface area contributed by atoms with Crippen LogP contribution >= 0.6 is 0 Å². The Hall–Kier alpha value is -1.52. The zero-order valence-corrected chi connectivity index (χ0v) is 15.4. The fraction of sp³-hybridized carbons (Fsp3) is 0.650. The lowest BCUT2D eigenvalue weighted by molar-refractivity contribution is -0.137. The minimum absolute atomic E-state index is 0.122. The van der Waals surface area contributed by atoms with Gasteiger partial charge < -0.3 is 4.90 Å². The standard InChI is InChI=1S/C20H30F3NO/c1-3-5-7-8-9-10-15-24(14-6-4-2)19(25)17-12-11-13-18(16-17)20(21,22)23/h11-13,16H,3-10,14-15H2,1-2H3. The molecule has 0 saturated heterocycles. The van der Waals surface area contributed by atoms with Gasteiger partial charge in [-0.05, 0) is 31.0 Å². The normalized spacial score (nSPS) is 11.6. The Morgan fingerprint density at radius 1 is 0.920 bits per heavy atom. The Morgan fingerprint density at radius 2 is 1.52 bits per heavy atom. The van der Waals surface area contributed by atoms with Crippen molar-refractivity contribution >= 4 is 5.91 Å². The van der Waals surface area contributed by atoms with Crippen LogP contribution < -0.4 is 0 Å². The van der Waals surface area contributed by atoms with Crippen LogP contribution in [0.5, 0.6) is 0 Å². The van der Waals surface area contributed by atoms with Gasteiger partial charge in [0.1, 0.15) is 0 Å². The highest BCUT2D eigenvalue weighted by Crippen LogP contribution is 2.29. The number of benzene rings is 1. The summed E-state index contributed by atoms with van der Waals surface area (Å²) >= 11 is 0. The molecule has 0 unspecified atom stereocenters. The van der Waals surface area contributed by atoms with Gasteiger partial charge in [-0.25, -0.2) is 0 Å². The molecule has 0 aliphatic rings. The Bertz CT molecular complexity index is 514. The fourth-order valence-corrected chi connectivity index (χ4v) is 2.76. The maximum absolute atomic E-state index is 12.9. The van der Waals surface area contributed by atoms with Crippen molar-refractivity contribution in [2.45, 2.75) is 71.4 Å². The van der Waals surface area contributed by atoms with Crippen LogP contribution in [0.1, 0.15) is 81.1 Å². The molecule has 0 aliphatic heterocycles. The summed E-state index contributed by atoms with van der Waals surface area (Å²) in [6.45, 7) is 5.42. The van der Waals surface area contributed by atoms with Gasteiger partial charge >= 0.3 is 6.18 Å². The van der Waals surface area contributed by atoms with Crippen LogP contribution in [-0.2, 0) is 6.18 Å². The molecule has 1 aromatic rings. The molecule has 0 heterocycles. The van der Waals surface area contributed by atoms with Crippen LogP contribution in [-0.4, -0.2) is 23.9 Å². The predicted molar refractivity (Wildman–Crippen MR) is 95.6 cm³/mol. The van der Waals surface area contributed by atoms with Gasteiger partial charge in [0.15, 0.2) is 0 Å². The van der Waals surface area contributed by atoms with E-state index in [0.29, 0.717) is 13.1 Å². The van der Waals surface area contributed by atoms with Crippen LogP contribution in [0.15, 0.2) is 24.3 Å². The summed E-state index contributed by atoms with van der Waals surface area (Å²) in [6, 6.07) is 4.74. The summed E-state index contributed by atoms with van der Waals surface area (Å²) in [5.74, 6) is -0.298. The molecule has 0 aliphatic carbocycles. The number of hydrogen-bond donors (Lipinski definition) is 0. The Labute approximate surface area is 149 Å². The van der Waals surface area contributed by atoms with Crippen molar-refractivity contribution in [1.29, 1.82) is 0 Å². The van der Waals surface area contributed by atoms with E-state index in [0.717, 1.165) is 44.2 Å². The zero-order chi connectivity index (χ0) is 18.7. The predicted octanol–water partition coefficient (Wildman–Crippen LogP) is 6.31. The largest absolute Gasteiger partial charge is 0.416 e. The molecule has 25 heavy (non-hydrogen) atoms. The summed E-state index contributed by atoms with van der Waals surface area (Å²) in [6.07, 6.45) is 4.10. The number of carbonyl (C=O) groups excluding carboxylic acids is 1. The Morgan fingerprint density at radius 3 is 2.16 bits per heavy atom. The molecule has 142 valence electrons. The molecule has 0 bridgehead atoms. The molecule has 2 nitrogen and oxygen atoms in total. The van der Waals surface area contributed by atoms with E-state index in [1.807, 2.05) is 6.92 Å². The second kappa shape index (κ2) is 11.2. The third-order valence-corrected chi connectivity index (χ3v) is 4.29. The van der Waals surface area contributed by atoms with Gasteiger partial charge in [-0.1, -0.05) is 58.4 Å². The number of carbonyl (C=O) groups is 1.